The van der Waals surface area contributed by atoms with Crippen LogP contribution in [0.2, 0.25) is 0 Å². The van der Waals surface area contributed by atoms with Gasteiger partial charge in [0.2, 0.25) is 5.92 Å². The van der Waals surface area contributed by atoms with Gasteiger partial charge in [-0.15, -0.1) is 0 Å². The van der Waals surface area contributed by atoms with E-state index >= 15 is 0 Å². The molecule has 4 heteroatoms. The monoisotopic (exact) mass is 236 g/mol. The average molecular weight is 236 g/mol. The van der Waals surface area contributed by atoms with Crippen LogP contribution in [-0.4, -0.2) is 5.92 Å². The first-order valence-corrected chi connectivity index (χ1v) is 5.69. The highest BCUT2D eigenvalue weighted by atomic mass is 19.3. The molecule has 1 aromatic carbocycles. The standard InChI is InChI=1S/C13H14F2N2/c14-13(15)5-3-9(4-6-13)12-2-1-11(17)7-10(12)8-16/h1-2,7,9H,3-6,17H2. The van der Waals surface area contributed by atoms with E-state index in [2.05, 4.69) is 6.07 Å². The molecule has 0 unspecified atom stereocenters. The molecule has 90 valence electrons. The fourth-order valence-corrected chi connectivity index (χ4v) is 2.38. The van der Waals surface area contributed by atoms with E-state index in [1.807, 2.05) is 0 Å². The third-order valence-electron chi connectivity index (χ3n) is 3.35. The molecule has 2 N–H and O–H groups in total. The fraction of sp³-hybridized carbons (Fsp3) is 0.462. The molecule has 1 aliphatic carbocycles. The van der Waals surface area contributed by atoms with E-state index in [0.717, 1.165) is 5.56 Å². The Balaban J connectivity index is 2.22. The second kappa shape index (κ2) is 4.33. The van der Waals surface area contributed by atoms with Gasteiger partial charge in [-0.2, -0.15) is 5.26 Å². The summed E-state index contributed by atoms with van der Waals surface area (Å²) in [5, 5.41) is 9.02. The highest BCUT2D eigenvalue weighted by molar-refractivity contribution is 5.51. The quantitative estimate of drug-likeness (QED) is 0.759. The Hall–Kier alpha value is -1.63. The zero-order valence-corrected chi connectivity index (χ0v) is 9.42. The largest absolute Gasteiger partial charge is 0.399 e. The molecular formula is C13H14F2N2. The SMILES string of the molecule is N#Cc1cc(N)ccc1C1CCC(F)(F)CC1. The van der Waals surface area contributed by atoms with E-state index in [-0.39, 0.29) is 18.8 Å². The van der Waals surface area contributed by atoms with Gasteiger partial charge >= 0.3 is 0 Å². The summed E-state index contributed by atoms with van der Waals surface area (Å²) in [6.07, 6.45) is 0.691. The molecule has 2 rings (SSSR count). The van der Waals surface area contributed by atoms with Crippen molar-refractivity contribution >= 4 is 5.69 Å². The van der Waals surface area contributed by atoms with Crippen LogP contribution in [0.4, 0.5) is 14.5 Å². The zero-order chi connectivity index (χ0) is 12.5. The number of nitrogens with zero attached hydrogens (tertiary/aromatic N) is 1. The first-order chi connectivity index (χ1) is 8.02. The third-order valence-corrected chi connectivity index (χ3v) is 3.35. The maximum absolute atomic E-state index is 13.1. The molecule has 0 amide bonds. The first-order valence-electron chi connectivity index (χ1n) is 5.69. The number of nitrogens with two attached hydrogens (primary N) is 1. The Morgan fingerprint density at radius 3 is 2.53 bits per heavy atom. The highest BCUT2D eigenvalue weighted by Gasteiger charge is 2.35. The molecule has 0 radical (unpaired) electrons. The molecule has 2 nitrogen and oxygen atoms in total. The number of hydrogen-bond donors (Lipinski definition) is 1. The van der Waals surface area contributed by atoms with Gasteiger partial charge in [0.05, 0.1) is 11.6 Å². The number of halogens is 2. The highest BCUT2D eigenvalue weighted by Crippen LogP contribution is 2.41. The van der Waals surface area contributed by atoms with Gasteiger partial charge in [-0.1, -0.05) is 6.07 Å². The van der Waals surface area contributed by atoms with E-state index in [1.54, 1.807) is 18.2 Å². The summed E-state index contributed by atoms with van der Waals surface area (Å²) in [6.45, 7) is 0. The van der Waals surface area contributed by atoms with Crippen molar-refractivity contribution in [1.82, 2.24) is 0 Å². The van der Waals surface area contributed by atoms with E-state index in [9.17, 15) is 8.78 Å². The lowest BCUT2D eigenvalue weighted by molar-refractivity contribution is -0.0382. The molecule has 1 aromatic rings. The van der Waals surface area contributed by atoms with Crippen molar-refractivity contribution in [2.75, 3.05) is 5.73 Å². The van der Waals surface area contributed by atoms with Gasteiger partial charge in [-0.05, 0) is 36.5 Å². The van der Waals surface area contributed by atoms with Gasteiger partial charge in [-0.3, -0.25) is 0 Å². The summed E-state index contributed by atoms with van der Waals surface area (Å²) in [5.41, 5.74) is 7.51. The van der Waals surface area contributed by atoms with E-state index in [4.69, 9.17) is 11.0 Å². The second-order valence-electron chi connectivity index (χ2n) is 4.59. The predicted octanol–water partition coefficient (Wildman–Crippen LogP) is 3.43. The Bertz CT molecular complexity index is 453. The number of alkyl halides is 2. The summed E-state index contributed by atoms with van der Waals surface area (Å²) in [4.78, 5) is 0. The molecule has 0 aromatic heterocycles. The number of nitrogen functional groups attached to an aromatic ring is 1. The van der Waals surface area contributed by atoms with Crippen LogP contribution < -0.4 is 5.73 Å². The van der Waals surface area contributed by atoms with Crippen LogP contribution in [0.3, 0.4) is 0 Å². The topological polar surface area (TPSA) is 49.8 Å². The molecule has 0 saturated heterocycles. The van der Waals surface area contributed by atoms with Crippen molar-refractivity contribution < 1.29 is 8.78 Å². The summed E-state index contributed by atoms with van der Waals surface area (Å²) >= 11 is 0. The number of anilines is 1. The summed E-state index contributed by atoms with van der Waals surface area (Å²) in [6, 6.07) is 7.22. The van der Waals surface area contributed by atoms with Crippen LogP contribution in [0.15, 0.2) is 18.2 Å². The molecule has 0 spiro atoms. The average Bonchev–Trinajstić information content (AvgIpc) is 2.29. The van der Waals surface area contributed by atoms with E-state index in [0.29, 0.717) is 24.1 Å². The summed E-state index contributed by atoms with van der Waals surface area (Å²) < 4.78 is 26.1. The first kappa shape index (κ1) is 11.8. The maximum Gasteiger partial charge on any atom is 0.248 e. The third kappa shape index (κ3) is 2.55. The van der Waals surface area contributed by atoms with Gasteiger partial charge in [0, 0.05) is 18.5 Å². The lowest BCUT2D eigenvalue weighted by Crippen LogP contribution is -2.24. The Labute approximate surface area is 99.0 Å². The van der Waals surface area contributed by atoms with Crippen LogP contribution >= 0.6 is 0 Å². The molecule has 0 bridgehead atoms. The minimum atomic E-state index is -2.53. The second-order valence-corrected chi connectivity index (χ2v) is 4.59. The number of hydrogen-bond acceptors (Lipinski definition) is 2. The molecule has 0 aliphatic heterocycles. The van der Waals surface area contributed by atoms with Crippen molar-refractivity contribution in [1.29, 1.82) is 5.26 Å². The van der Waals surface area contributed by atoms with Crippen LogP contribution in [-0.2, 0) is 0 Å². The van der Waals surface area contributed by atoms with Crippen molar-refractivity contribution in [2.24, 2.45) is 0 Å². The lowest BCUT2D eigenvalue weighted by atomic mass is 9.80. The van der Waals surface area contributed by atoms with Crippen LogP contribution in [0, 0.1) is 11.3 Å². The molecular weight excluding hydrogens is 222 g/mol. The van der Waals surface area contributed by atoms with Gasteiger partial charge < -0.3 is 5.73 Å². The minimum Gasteiger partial charge on any atom is -0.399 e. The van der Waals surface area contributed by atoms with Gasteiger partial charge in [0.15, 0.2) is 0 Å². The van der Waals surface area contributed by atoms with Crippen LogP contribution in [0.1, 0.15) is 42.7 Å². The molecule has 0 heterocycles. The predicted molar refractivity (Wildman–Crippen MR) is 61.7 cm³/mol. The van der Waals surface area contributed by atoms with E-state index < -0.39 is 5.92 Å². The molecule has 1 fully saturated rings. The lowest BCUT2D eigenvalue weighted by Gasteiger charge is -2.29. The Morgan fingerprint density at radius 1 is 1.29 bits per heavy atom. The van der Waals surface area contributed by atoms with E-state index in [1.165, 1.54) is 0 Å². The Morgan fingerprint density at radius 2 is 1.94 bits per heavy atom. The summed E-state index contributed by atoms with van der Waals surface area (Å²) in [5.74, 6) is -2.47. The molecule has 0 atom stereocenters. The van der Waals surface area contributed by atoms with Crippen molar-refractivity contribution in [3.8, 4) is 6.07 Å². The van der Waals surface area contributed by atoms with Crippen molar-refractivity contribution in [3.05, 3.63) is 29.3 Å². The summed E-state index contributed by atoms with van der Waals surface area (Å²) in [7, 11) is 0. The van der Waals surface area contributed by atoms with Crippen molar-refractivity contribution in [3.63, 3.8) is 0 Å². The molecule has 1 saturated carbocycles. The van der Waals surface area contributed by atoms with Gasteiger partial charge in [-0.25, -0.2) is 8.78 Å². The zero-order valence-electron chi connectivity index (χ0n) is 9.42. The fourth-order valence-electron chi connectivity index (χ4n) is 2.38. The van der Waals surface area contributed by atoms with Gasteiger partial charge in [0.25, 0.3) is 0 Å². The Kier molecular flexibility index (Phi) is 3.01. The molecule has 17 heavy (non-hydrogen) atoms. The van der Waals surface area contributed by atoms with Crippen molar-refractivity contribution in [2.45, 2.75) is 37.5 Å². The number of nitriles is 1. The molecule has 1 aliphatic rings. The number of rotatable bonds is 1. The smallest absolute Gasteiger partial charge is 0.248 e. The van der Waals surface area contributed by atoms with Gasteiger partial charge in [0.1, 0.15) is 0 Å². The normalized spacial score (nSPS) is 19.8. The minimum absolute atomic E-state index is 0.0601. The maximum atomic E-state index is 13.1. The number of benzene rings is 1. The van der Waals surface area contributed by atoms with Crippen LogP contribution in [0.25, 0.3) is 0 Å². The van der Waals surface area contributed by atoms with Crippen LogP contribution in [0.5, 0.6) is 0 Å².